The number of carbonyl (C=O) groups is 1. The fourth-order valence-corrected chi connectivity index (χ4v) is 1.83. The number of Topliss-reactive ketones (excluding diaryl/α,β-unsaturated/α-hetero) is 1. The predicted molar refractivity (Wildman–Crippen MR) is 72.9 cm³/mol. The van der Waals surface area contributed by atoms with Crippen molar-refractivity contribution in [2.24, 2.45) is 0 Å². The highest BCUT2D eigenvalue weighted by Crippen LogP contribution is 2.34. The summed E-state index contributed by atoms with van der Waals surface area (Å²) >= 11 is 0. The van der Waals surface area contributed by atoms with E-state index in [0.29, 0.717) is 17.2 Å². The summed E-state index contributed by atoms with van der Waals surface area (Å²) in [5, 5.41) is 0. The van der Waals surface area contributed by atoms with Crippen LogP contribution in [-0.4, -0.2) is 19.0 Å². The normalized spacial score (nSPS) is 10.9. The third-order valence-corrected chi connectivity index (χ3v) is 2.70. The molecule has 0 radical (unpaired) electrons. The van der Waals surface area contributed by atoms with Crippen LogP contribution in [0.25, 0.3) is 0 Å². The van der Waals surface area contributed by atoms with Crippen LogP contribution in [0.15, 0.2) is 12.1 Å². The number of ether oxygens (including phenoxy) is 2. The number of methoxy groups -OCH3 is 1. The monoisotopic (exact) mass is 250 g/mol. The van der Waals surface area contributed by atoms with Gasteiger partial charge in [0.15, 0.2) is 5.78 Å². The van der Waals surface area contributed by atoms with Crippen molar-refractivity contribution < 1.29 is 14.3 Å². The fraction of sp³-hybridized carbons (Fsp3) is 0.533. The van der Waals surface area contributed by atoms with E-state index in [1.165, 1.54) is 0 Å². The minimum Gasteiger partial charge on any atom is -0.496 e. The van der Waals surface area contributed by atoms with Crippen LogP contribution in [-0.2, 0) is 0 Å². The molecular formula is C15H22O3. The van der Waals surface area contributed by atoms with Gasteiger partial charge >= 0.3 is 0 Å². The molecule has 0 bridgehead atoms. The van der Waals surface area contributed by atoms with E-state index in [2.05, 4.69) is 13.8 Å². The standard InChI is InChI=1S/C15H22O3/c1-9(2)12-7-13(11(5)16)15(18-10(3)4)8-14(12)17-6/h7-10H,1-6H3. The van der Waals surface area contributed by atoms with Crippen LogP contribution < -0.4 is 9.47 Å². The van der Waals surface area contributed by atoms with E-state index in [0.717, 1.165) is 11.3 Å². The lowest BCUT2D eigenvalue weighted by Gasteiger charge is -2.18. The highest BCUT2D eigenvalue weighted by atomic mass is 16.5. The van der Waals surface area contributed by atoms with Gasteiger partial charge in [-0.25, -0.2) is 0 Å². The summed E-state index contributed by atoms with van der Waals surface area (Å²) in [6.45, 7) is 9.58. The first-order valence-electron chi connectivity index (χ1n) is 6.26. The molecule has 0 aliphatic rings. The van der Waals surface area contributed by atoms with Crippen molar-refractivity contribution in [3.8, 4) is 11.5 Å². The molecule has 0 aliphatic heterocycles. The summed E-state index contributed by atoms with van der Waals surface area (Å²) in [5.74, 6) is 1.67. The molecule has 0 spiro atoms. The molecule has 0 heterocycles. The largest absolute Gasteiger partial charge is 0.496 e. The first kappa shape index (κ1) is 14.6. The van der Waals surface area contributed by atoms with Crippen molar-refractivity contribution in [1.82, 2.24) is 0 Å². The molecule has 0 fully saturated rings. The SMILES string of the molecule is COc1cc(OC(C)C)c(C(C)=O)cc1C(C)C. The van der Waals surface area contributed by atoms with Gasteiger partial charge in [0.1, 0.15) is 11.5 Å². The third-order valence-electron chi connectivity index (χ3n) is 2.70. The van der Waals surface area contributed by atoms with E-state index in [1.54, 1.807) is 14.0 Å². The maximum Gasteiger partial charge on any atom is 0.163 e. The maximum atomic E-state index is 11.7. The van der Waals surface area contributed by atoms with Crippen molar-refractivity contribution in [1.29, 1.82) is 0 Å². The van der Waals surface area contributed by atoms with Crippen molar-refractivity contribution >= 4 is 5.78 Å². The highest BCUT2D eigenvalue weighted by Gasteiger charge is 2.17. The van der Waals surface area contributed by atoms with Crippen LogP contribution in [0.4, 0.5) is 0 Å². The molecule has 0 N–H and O–H groups in total. The second kappa shape index (κ2) is 5.89. The Morgan fingerprint density at radius 3 is 2.11 bits per heavy atom. The molecule has 0 atom stereocenters. The Kier molecular flexibility index (Phi) is 4.76. The summed E-state index contributed by atoms with van der Waals surface area (Å²) in [4.78, 5) is 11.7. The Morgan fingerprint density at radius 2 is 1.72 bits per heavy atom. The summed E-state index contributed by atoms with van der Waals surface area (Å²) in [7, 11) is 1.63. The smallest absolute Gasteiger partial charge is 0.163 e. The Bertz CT molecular complexity index is 434. The Hall–Kier alpha value is -1.51. The molecule has 0 aliphatic carbocycles. The quantitative estimate of drug-likeness (QED) is 0.745. The zero-order chi connectivity index (χ0) is 13.9. The lowest BCUT2D eigenvalue weighted by atomic mass is 9.97. The van der Waals surface area contributed by atoms with E-state index in [9.17, 15) is 4.79 Å². The zero-order valence-electron chi connectivity index (χ0n) is 12.0. The van der Waals surface area contributed by atoms with Gasteiger partial charge < -0.3 is 9.47 Å². The topological polar surface area (TPSA) is 35.5 Å². The van der Waals surface area contributed by atoms with E-state index < -0.39 is 0 Å². The maximum absolute atomic E-state index is 11.7. The number of benzene rings is 1. The highest BCUT2D eigenvalue weighted by molar-refractivity contribution is 5.97. The Labute approximate surface area is 109 Å². The lowest BCUT2D eigenvalue weighted by molar-refractivity contribution is 0.101. The van der Waals surface area contributed by atoms with Crippen LogP contribution in [0.2, 0.25) is 0 Å². The number of rotatable bonds is 5. The molecule has 18 heavy (non-hydrogen) atoms. The molecule has 1 aromatic rings. The minimum absolute atomic E-state index is 0.00945. The first-order chi connectivity index (χ1) is 8.36. The second-order valence-electron chi connectivity index (χ2n) is 4.97. The third kappa shape index (κ3) is 3.25. The van der Waals surface area contributed by atoms with Crippen LogP contribution in [0, 0.1) is 0 Å². The van der Waals surface area contributed by atoms with E-state index in [-0.39, 0.29) is 11.9 Å². The van der Waals surface area contributed by atoms with Gasteiger partial charge in [-0.1, -0.05) is 13.8 Å². The number of hydrogen-bond acceptors (Lipinski definition) is 3. The summed E-state index contributed by atoms with van der Waals surface area (Å²) in [6, 6.07) is 3.69. The first-order valence-corrected chi connectivity index (χ1v) is 6.26. The second-order valence-corrected chi connectivity index (χ2v) is 4.97. The van der Waals surface area contributed by atoms with Crippen molar-refractivity contribution in [3.63, 3.8) is 0 Å². The molecular weight excluding hydrogens is 228 g/mol. The average molecular weight is 250 g/mol. The van der Waals surface area contributed by atoms with Crippen LogP contribution in [0.1, 0.15) is 56.5 Å². The molecule has 0 aromatic heterocycles. The van der Waals surface area contributed by atoms with Crippen LogP contribution in [0.5, 0.6) is 11.5 Å². The molecule has 1 rings (SSSR count). The molecule has 3 heteroatoms. The molecule has 100 valence electrons. The molecule has 0 unspecified atom stereocenters. The lowest BCUT2D eigenvalue weighted by Crippen LogP contribution is -2.10. The minimum atomic E-state index is 0.00945. The molecule has 0 saturated carbocycles. The predicted octanol–water partition coefficient (Wildman–Crippen LogP) is 3.81. The van der Waals surface area contributed by atoms with Gasteiger partial charge in [0.05, 0.1) is 18.8 Å². The fourth-order valence-electron chi connectivity index (χ4n) is 1.83. The van der Waals surface area contributed by atoms with Crippen LogP contribution in [0.3, 0.4) is 0 Å². The van der Waals surface area contributed by atoms with Gasteiger partial charge in [0, 0.05) is 6.07 Å². The van der Waals surface area contributed by atoms with Gasteiger partial charge in [-0.15, -0.1) is 0 Å². The molecule has 0 amide bonds. The van der Waals surface area contributed by atoms with Gasteiger partial charge in [-0.05, 0) is 38.3 Å². The Morgan fingerprint density at radius 1 is 1.11 bits per heavy atom. The molecule has 3 nitrogen and oxygen atoms in total. The van der Waals surface area contributed by atoms with E-state index in [4.69, 9.17) is 9.47 Å². The number of ketones is 1. The van der Waals surface area contributed by atoms with Crippen molar-refractivity contribution in [3.05, 3.63) is 23.3 Å². The van der Waals surface area contributed by atoms with E-state index >= 15 is 0 Å². The molecule has 0 saturated heterocycles. The van der Waals surface area contributed by atoms with Crippen LogP contribution >= 0.6 is 0 Å². The van der Waals surface area contributed by atoms with Gasteiger partial charge in [0.25, 0.3) is 0 Å². The number of carbonyl (C=O) groups excluding carboxylic acids is 1. The Balaban J connectivity index is 3.37. The zero-order valence-corrected chi connectivity index (χ0v) is 12.0. The summed E-state index contributed by atoms with van der Waals surface area (Å²) < 4.78 is 11.1. The van der Waals surface area contributed by atoms with Gasteiger partial charge in [-0.3, -0.25) is 4.79 Å². The average Bonchev–Trinajstić information content (AvgIpc) is 2.26. The van der Waals surface area contributed by atoms with Crippen molar-refractivity contribution in [2.45, 2.75) is 46.6 Å². The van der Waals surface area contributed by atoms with E-state index in [1.807, 2.05) is 26.0 Å². The number of hydrogen-bond donors (Lipinski definition) is 0. The van der Waals surface area contributed by atoms with Gasteiger partial charge in [-0.2, -0.15) is 0 Å². The summed E-state index contributed by atoms with van der Waals surface area (Å²) in [5.41, 5.74) is 1.65. The van der Waals surface area contributed by atoms with Gasteiger partial charge in [0.2, 0.25) is 0 Å². The van der Waals surface area contributed by atoms with Crippen molar-refractivity contribution in [2.75, 3.05) is 7.11 Å². The summed E-state index contributed by atoms with van der Waals surface area (Å²) in [6.07, 6.45) is 0.0257. The molecule has 1 aromatic carbocycles.